The molecule has 0 radical (unpaired) electrons. The van der Waals surface area contributed by atoms with E-state index in [0.29, 0.717) is 6.42 Å². The van der Waals surface area contributed by atoms with E-state index in [1.807, 2.05) is 0 Å². The molecule has 0 heterocycles. The minimum Gasteiger partial charge on any atom is -0.303 e. The fourth-order valence-corrected chi connectivity index (χ4v) is 2.62. The van der Waals surface area contributed by atoms with Gasteiger partial charge < -0.3 is 4.79 Å². The van der Waals surface area contributed by atoms with Gasteiger partial charge in [0.15, 0.2) is 0 Å². The fourth-order valence-electron chi connectivity index (χ4n) is 2.62. The molecule has 1 atom stereocenters. The molecule has 0 fully saturated rings. The molecule has 2 nitrogen and oxygen atoms in total. The molecular weight excluding hydrogens is 236 g/mol. The Morgan fingerprint density at radius 2 is 1.42 bits per heavy atom. The third-order valence-corrected chi connectivity index (χ3v) is 3.92. The monoisotopic (exact) mass is 264 g/mol. The van der Waals surface area contributed by atoms with Crippen LogP contribution in [0.2, 0.25) is 0 Å². The van der Waals surface area contributed by atoms with Crippen LogP contribution in [0.1, 0.15) is 77.0 Å². The largest absolute Gasteiger partial charge is 0.303 e. The zero-order valence-electron chi connectivity index (χ0n) is 12.1. The maximum atomic E-state index is 11.9. The van der Waals surface area contributed by atoms with Crippen molar-refractivity contribution in [1.82, 2.24) is 0 Å². The van der Waals surface area contributed by atoms with Gasteiger partial charge in [-0.3, -0.25) is 4.79 Å². The third kappa shape index (κ3) is 7.97. The van der Waals surface area contributed by atoms with Gasteiger partial charge in [-0.05, 0) is 38.5 Å². The highest BCUT2D eigenvalue weighted by atomic mass is 16.1. The SMILES string of the molecule is O=CC1CCCCCCC=CCCCCCCC1=O. The lowest BCUT2D eigenvalue weighted by atomic mass is 9.94. The Bertz CT molecular complexity index is 281. The van der Waals surface area contributed by atoms with E-state index in [1.54, 1.807) is 0 Å². The van der Waals surface area contributed by atoms with Crippen LogP contribution >= 0.6 is 0 Å². The summed E-state index contributed by atoms with van der Waals surface area (Å²) in [5.41, 5.74) is 0. The van der Waals surface area contributed by atoms with Crippen LogP contribution in [0.3, 0.4) is 0 Å². The van der Waals surface area contributed by atoms with E-state index < -0.39 is 0 Å². The van der Waals surface area contributed by atoms with Crippen molar-refractivity contribution in [1.29, 1.82) is 0 Å². The number of hydrogen-bond acceptors (Lipinski definition) is 2. The number of rotatable bonds is 1. The van der Waals surface area contributed by atoms with Crippen LogP contribution in [0.15, 0.2) is 12.2 Å². The van der Waals surface area contributed by atoms with Gasteiger partial charge in [0.2, 0.25) is 0 Å². The van der Waals surface area contributed by atoms with Crippen LogP contribution in [-0.2, 0) is 9.59 Å². The van der Waals surface area contributed by atoms with Crippen molar-refractivity contribution in [3.05, 3.63) is 12.2 Å². The number of Topliss-reactive ketones (excluding diaryl/α,β-unsaturated/α-hetero) is 1. The second-order valence-electron chi connectivity index (χ2n) is 5.62. The minimum atomic E-state index is -0.326. The number of carbonyl (C=O) groups is 2. The van der Waals surface area contributed by atoms with Gasteiger partial charge in [0.05, 0.1) is 5.92 Å². The second-order valence-corrected chi connectivity index (χ2v) is 5.62. The quantitative estimate of drug-likeness (QED) is 0.393. The van der Waals surface area contributed by atoms with Gasteiger partial charge in [-0.1, -0.05) is 44.3 Å². The average molecular weight is 264 g/mol. The molecule has 1 aliphatic carbocycles. The molecule has 1 unspecified atom stereocenters. The minimum absolute atomic E-state index is 0.169. The van der Waals surface area contributed by atoms with Crippen LogP contribution in [0.4, 0.5) is 0 Å². The normalized spacial score (nSPS) is 25.1. The summed E-state index contributed by atoms with van der Waals surface area (Å²) in [7, 11) is 0. The summed E-state index contributed by atoms with van der Waals surface area (Å²) in [6, 6.07) is 0. The van der Waals surface area contributed by atoms with E-state index in [1.165, 1.54) is 38.5 Å². The average Bonchev–Trinajstić information content (AvgIpc) is 2.42. The number of carbonyl (C=O) groups excluding carboxylic acids is 2. The lowest BCUT2D eigenvalue weighted by molar-refractivity contribution is -0.127. The lowest BCUT2D eigenvalue weighted by Gasteiger charge is -2.09. The van der Waals surface area contributed by atoms with Gasteiger partial charge in [-0.25, -0.2) is 0 Å². The molecule has 0 aromatic heterocycles. The summed E-state index contributed by atoms with van der Waals surface area (Å²) in [5, 5.41) is 0. The van der Waals surface area contributed by atoms with Gasteiger partial charge in [-0.15, -0.1) is 0 Å². The predicted molar refractivity (Wildman–Crippen MR) is 79.1 cm³/mol. The van der Waals surface area contributed by atoms with E-state index in [9.17, 15) is 9.59 Å². The van der Waals surface area contributed by atoms with Gasteiger partial charge in [-0.2, -0.15) is 0 Å². The van der Waals surface area contributed by atoms with Crippen LogP contribution in [0.25, 0.3) is 0 Å². The Balaban J connectivity index is 2.36. The van der Waals surface area contributed by atoms with Crippen molar-refractivity contribution >= 4 is 12.1 Å². The van der Waals surface area contributed by atoms with E-state index >= 15 is 0 Å². The molecule has 0 amide bonds. The van der Waals surface area contributed by atoms with E-state index in [-0.39, 0.29) is 11.7 Å². The first-order valence-electron chi connectivity index (χ1n) is 7.97. The molecule has 19 heavy (non-hydrogen) atoms. The molecule has 1 aliphatic rings. The molecule has 0 spiro atoms. The van der Waals surface area contributed by atoms with Gasteiger partial charge in [0, 0.05) is 6.42 Å². The molecular formula is C17H28O2. The van der Waals surface area contributed by atoms with Crippen molar-refractivity contribution in [2.45, 2.75) is 77.0 Å². The predicted octanol–water partition coefficient (Wildman–Crippen LogP) is 4.62. The van der Waals surface area contributed by atoms with E-state index in [2.05, 4.69) is 12.2 Å². The molecule has 0 N–H and O–H groups in total. The Kier molecular flexibility index (Phi) is 9.30. The second kappa shape index (κ2) is 11.0. The molecule has 0 bridgehead atoms. The summed E-state index contributed by atoms with van der Waals surface area (Å²) >= 11 is 0. The number of allylic oxidation sites excluding steroid dienone is 2. The standard InChI is InChI=1S/C17H28O2/c18-15-16-13-11-9-7-5-3-1-2-4-6-8-10-12-14-17(16)19/h1-2,15-16H,3-14H2. The summed E-state index contributed by atoms with van der Waals surface area (Å²) in [4.78, 5) is 22.9. The number of aldehydes is 1. The fraction of sp³-hybridized carbons (Fsp3) is 0.765. The first-order chi connectivity index (χ1) is 9.34. The van der Waals surface area contributed by atoms with Crippen LogP contribution < -0.4 is 0 Å². The summed E-state index contributed by atoms with van der Waals surface area (Å²) in [6.07, 6.45) is 18.3. The van der Waals surface area contributed by atoms with E-state index in [0.717, 1.165) is 38.4 Å². The molecule has 0 aromatic carbocycles. The molecule has 0 aromatic rings. The summed E-state index contributed by atoms with van der Waals surface area (Å²) in [5.74, 6) is -0.158. The smallest absolute Gasteiger partial charge is 0.143 e. The Hall–Kier alpha value is -0.920. The zero-order chi connectivity index (χ0) is 13.8. The van der Waals surface area contributed by atoms with Gasteiger partial charge >= 0.3 is 0 Å². The highest BCUT2D eigenvalue weighted by Crippen LogP contribution is 2.15. The van der Waals surface area contributed by atoms with Crippen molar-refractivity contribution in [2.24, 2.45) is 5.92 Å². The summed E-state index contributed by atoms with van der Waals surface area (Å²) in [6.45, 7) is 0. The first-order valence-corrected chi connectivity index (χ1v) is 7.97. The van der Waals surface area contributed by atoms with Crippen LogP contribution in [0, 0.1) is 5.92 Å². The van der Waals surface area contributed by atoms with Crippen molar-refractivity contribution in [3.63, 3.8) is 0 Å². The molecule has 2 heteroatoms. The molecule has 1 rings (SSSR count). The maximum Gasteiger partial charge on any atom is 0.143 e. The molecule has 0 saturated carbocycles. The van der Waals surface area contributed by atoms with Crippen molar-refractivity contribution < 1.29 is 9.59 Å². The van der Waals surface area contributed by atoms with Gasteiger partial charge in [0.1, 0.15) is 12.1 Å². The lowest BCUT2D eigenvalue weighted by Crippen LogP contribution is -2.15. The Morgan fingerprint density at radius 1 is 0.842 bits per heavy atom. The Morgan fingerprint density at radius 3 is 2.05 bits per heavy atom. The first kappa shape index (κ1) is 16.1. The Labute approximate surface area is 117 Å². The van der Waals surface area contributed by atoms with Gasteiger partial charge in [0.25, 0.3) is 0 Å². The van der Waals surface area contributed by atoms with E-state index in [4.69, 9.17) is 0 Å². The highest BCUT2D eigenvalue weighted by molar-refractivity contribution is 5.93. The number of ketones is 1. The maximum absolute atomic E-state index is 11.9. The van der Waals surface area contributed by atoms with Crippen molar-refractivity contribution in [2.75, 3.05) is 0 Å². The number of hydrogen-bond donors (Lipinski definition) is 0. The topological polar surface area (TPSA) is 34.1 Å². The van der Waals surface area contributed by atoms with Crippen LogP contribution in [-0.4, -0.2) is 12.1 Å². The van der Waals surface area contributed by atoms with Crippen molar-refractivity contribution in [3.8, 4) is 0 Å². The molecule has 0 aliphatic heterocycles. The van der Waals surface area contributed by atoms with Crippen LogP contribution in [0.5, 0.6) is 0 Å². The molecule has 0 saturated heterocycles. The molecule has 108 valence electrons. The third-order valence-electron chi connectivity index (χ3n) is 3.92. The highest BCUT2D eigenvalue weighted by Gasteiger charge is 2.16. The zero-order valence-corrected chi connectivity index (χ0v) is 12.1. The summed E-state index contributed by atoms with van der Waals surface area (Å²) < 4.78 is 0.